The van der Waals surface area contributed by atoms with Crippen LogP contribution in [-0.4, -0.2) is 16.3 Å². The third kappa shape index (κ3) is 3.88. The Morgan fingerprint density at radius 3 is 2.75 bits per heavy atom. The van der Waals surface area contributed by atoms with Gasteiger partial charge in [-0.25, -0.2) is 9.98 Å². The molecule has 0 saturated heterocycles. The van der Waals surface area contributed by atoms with Gasteiger partial charge in [0.1, 0.15) is 0 Å². The van der Waals surface area contributed by atoms with Gasteiger partial charge in [-0.1, -0.05) is 13.8 Å². The zero-order valence-corrected chi connectivity index (χ0v) is 7.78. The van der Waals surface area contributed by atoms with Gasteiger partial charge >= 0.3 is 0 Å². The lowest BCUT2D eigenvalue weighted by molar-refractivity contribution is 1.15. The van der Waals surface area contributed by atoms with Gasteiger partial charge in [-0.05, 0) is 11.6 Å². The third-order valence-electron chi connectivity index (χ3n) is 0.818. The summed E-state index contributed by atoms with van der Waals surface area (Å²) in [5.74, 6) is 0.461. The molecule has 1 heterocycles. The average Bonchev–Trinajstić information content (AvgIpc) is 2.09. The molecular formula is C7H11ClN4. The number of nitrogens with zero attached hydrogens (tertiary/aromatic N) is 3. The van der Waals surface area contributed by atoms with Crippen LogP contribution in [0, 0.1) is 0 Å². The Morgan fingerprint density at radius 1 is 1.58 bits per heavy atom. The summed E-state index contributed by atoms with van der Waals surface area (Å²) in [7, 11) is 0. The van der Waals surface area contributed by atoms with E-state index in [2.05, 4.69) is 15.0 Å². The minimum absolute atomic E-state index is 0.170. The molecule has 1 rings (SSSR count). The largest absolute Gasteiger partial charge is 0.390 e. The van der Waals surface area contributed by atoms with Crippen LogP contribution >= 0.6 is 11.6 Å². The molecule has 0 aliphatic heterocycles. The van der Waals surface area contributed by atoms with Crippen LogP contribution in [0.3, 0.4) is 0 Å². The molecule has 0 atom stereocenters. The van der Waals surface area contributed by atoms with Crippen LogP contribution in [-0.2, 0) is 0 Å². The van der Waals surface area contributed by atoms with Crippen molar-refractivity contribution in [3.63, 3.8) is 0 Å². The fourth-order valence-corrected chi connectivity index (χ4v) is 0.617. The molecule has 0 spiro atoms. The first kappa shape index (κ1) is 10.8. The number of hydrogen-bond donors (Lipinski definition) is 1. The maximum Gasteiger partial charge on any atom is 0.224 e. The summed E-state index contributed by atoms with van der Waals surface area (Å²) in [5.41, 5.74) is 5.02. The van der Waals surface area contributed by atoms with E-state index in [1.54, 1.807) is 6.07 Å². The van der Waals surface area contributed by atoms with Gasteiger partial charge in [-0.2, -0.15) is 4.98 Å². The molecule has 0 amide bonds. The summed E-state index contributed by atoms with van der Waals surface area (Å²) in [6.45, 7) is 4.00. The van der Waals surface area contributed by atoms with Crippen LogP contribution in [0.5, 0.6) is 0 Å². The Kier molecular flexibility index (Phi) is 5.91. The van der Waals surface area contributed by atoms with Crippen LogP contribution in [0.4, 0.5) is 5.82 Å². The van der Waals surface area contributed by atoms with Crippen molar-refractivity contribution >= 4 is 23.8 Å². The molecule has 0 aliphatic carbocycles. The predicted molar refractivity (Wildman–Crippen MR) is 50.7 cm³/mol. The van der Waals surface area contributed by atoms with Crippen LogP contribution in [0.2, 0.25) is 5.28 Å². The number of aromatic nitrogens is 2. The molecule has 2 N–H and O–H groups in total. The van der Waals surface area contributed by atoms with Gasteiger partial charge in [-0.15, -0.1) is 0 Å². The smallest absolute Gasteiger partial charge is 0.224 e. The van der Waals surface area contributed by atoms with Crippen molar-refractivity contribution < 1.29 is 0 Å². The molecule has 12 heavy (non-hydrogen) atoms. The van der Waals surface area contributed by atoms with Crippen LogP contribution in [0.15, 0.2) is 17.3 Å². The van der Waals surface area contributed by atoms with Crippen molar-refractivity contribution in [2.75, 3.05) is 0 Å². The quantitative estimate of drug-likeness (QED) is 0.413. The number of aliphatic imine (C=N–C) groups is 1. The van der Waals surface area contributed by atoms with Gasteiger partial charge in [0.15, 0.2) is 5.82 Å². The molecule has 1 aromatic heterocycles. The molecule has 66 valence electrons. The molecule has 0 bridgehead atoms. The summed E-state index contributed by atoms with van der Waals surface area (Å²) in [4.78, 5) is 11.1. The van der Waals surface area contributed by atoms with E-state index >= 15 is 0 Å². The van der Waals surface area contributed by atoms with Crippen LogP contribution < -0.4 is 5.73 Å². The highest BCUT2D eigenvalue weighted by molar-refractivity contribution is 6.28. The first-order chi connectivity index (χ1) is 5.83. The van der Waals surface area contributed by atoms with E-state index in [9.17, 15) is 0 Å². The zero-order valence-electron chi connectivity index (χ0n) is 7.03. The molecule has 0 radical (unpaired) electrons. The van der Waals surface area contributed by atoms with Crippen molar-refractivity contribution in [2.45, 2.75) is 13.8 Å². The van der Waals surface area contributed by atoms with E-state index in [0.29, 0.717) is 5.82 Å². The molecule has 0 fully saturated rings. The Bertz CT molecular complexity index is 249. The molecule has 0 aromatic carbocycles. The Labute approximate surface area is 76.5 Å². The zero-order chi connectivity index (χ0) is 9.40. The second kappa shape index (κ2) is 6.54. The standard InChI is InChI=1S/C5H5ClN4.C2H6/c6-5-8-2-1-4(10-5)9-3-7;1-2/h1-3H,(H2,7,8,9,10);1-2H3. The molecule has 5 heteroatoms. The Balaban J connectivity index is 0.000000561. The van der Waals surface area contributed by atoms with Crippen LogP contribution in [0.1, 0.15) is 13.8 Å². The molecule has 4 nitrogen and oxygen atoms in total. The highest BCUT2D eigenvalue weighted by Crippen LogP contribution is 2.07. The highest BCUT2D eigenvalue weighted by Gasteiger charge is 1.90. The Hall–Kier alpha value is -1.16. The maximum atomic E-state index is 5.44. The van der Waals surface area contributed by atoms with E-state index in [4.69, 9.17) is 17.3 Å². The lowest BCUT2D eigenvalue weighted by atomic mass is 10.6. The van der Waals surface area contributed by atoms with E-state index in [1.165, 1.54) is 6.20 Å². The summed E-state index contributed by atoms with van der Waals surface area (Å²) < 4.78 is 0. The normalized spacial score (nSPS) is 9.25. The van der Waals surface area contributed by atoms with Crippen molar-refractivity contribution in [1.82, 2.24) is 9.97 Å². The van der Waals surface area contributed by atoms with Gasteiger partial charge in [-0.3, -0.25) is 0 Å². The van der Waals surface area contributed by atoms with E-state index < -0.39 is 0 Å². The minimum atomic E-state index is 0.170. The monoisotopic (exact) mass is 186 g/mol. The number of rotatable bonds is 1. The molecule has 0 unspecified atom stereocenters. The van der Waals surface area contributed by atoms with E-state index in [0.717, 1.165) is 6.34 Å². The third-order valence-corrected chi connectivity index (χ3v) is 1.00. The highest BCUT2D eigenvalue weighted by atomic mass is 35.5. The van der Waals surface area contributed by atoms with Gasteiger partial charge < -0.3 is 5.73 Å². The SMILES string of the molecule is CC.NC=Nc1ccnc(Cl)n1. The van der Waals surface area contributed by atoms with Gasteiger partial charge in [0.2, 0.25) is 5.28 Å². The summed E-state index contributed by atoms with van der Waals surface area (Å²) in [6.07, 6.45) is 2.66. The topological polar surface area (TPSA) is 64.2 Å². The molecule has 1 aromatic rings. The van der Waals surface area contributed by atoms with Crippen LogP contribution in [0.25, 0.3) is 0 Å². The molecule has 0 saturated carbocycles. The number of hydrogen-bond acceptors (Lipinski definition) is 3. The van der Waals surface area contributed by atoms with Gasteiger partial charge in [0.05, 0.1) is 6.34 Å². The first-order valence-electron chi connectivity index (χ1n) is 3.56. The predicted octanol–water partition coefficient (Wildman–Crippen LogP) is 1.77. The van der Waals surface area contributed by atoms with Crippen molar-refractivity contribution in [1.29, 1.82) is 0 Å². The minimum Gasteiger partial charge on any atom is -0.390 e. The summed E-state index contributed by atoms with van der Waals surface area (Å²) in [5, 5.41) is 0.170. The first-order valence-corrected chi connectivity index (χ1v) is 3.93. The number of halogens is 1. The van der Waals surface area contributed by atoms with Crippen molar-refractivity contribution in [3.8, 4) is 0 Å². The van der Waals surface area contributed by atoms with Crippen molar-refractivity contribution in [2.24, 2.45) is 10.7 Å². The van der Waals surface area contributed by atoms with Gasteiger partial charge in [0, 0.05) is 12.3 Å². The average molecular weight is 187 g/mol. The second-order valence-corrected chi connectivity index (χ2v) is 1.80. The molecule has 0 aliphatic rings. The summed E-state index contributed by atoms with van der Waals surface area (Å²) >= 11 is 5.44. The lowest BCUT2D eigenvalue weighted by Gasteiger charge is -1.89. The second-order valence-electron chi connectivity index (χ2n) is 1.46. The van der Waals surface area contributed by atoms with E-state index in [-0.39, 0.29) is 5.28 Å². The van der Waals surface area contributed by atoms with Crippen molar-refractivity contribution in [3.05, 3.63) is 17.5 Å². The maximum absolute atomic E-state index is 5.44. The van der Waals surface area contributed by atoms with E-state index in [1.807, 2.05) is 13.8 Å². The fourth-order valence-electron chi connectivity index (χ4n) is 0.474. The number of nitrogens with two attached hydrogens (primary N) is 1. The van der Waals surface area contributed by atoms with Gasteiger partial charge in [0.25, 0.3) is 0 Å². The molecular weight excluding hydrogens is 176 g/mol. The fraction of sp³-hybridized carbons (Fsp3) is 0.286. The lowest BCUT2D eigenvalue weighted by Crippen LogP contribution is -1.88. The Morgan fingerprint density at radius 2 is 2.25 bits per heavy atom. The summed E-state index contributed by atoms with van der Waals surface area (Å²) in [6, 6.07) is 1.61.